The Kier molecular flexibility index (Phi) is 4.25. The molecule has 0 atom stereocenters. The monoisotopic (exact) mass is 314 g/mol. The van der Waals surface area contributed by atoms with Gasteiger partial charge < -0.3 is 10.2 Å². The number of hydrogen-bond donors (Lipinski definition) is 2. The molecular weight excluding hydrogens is 307 g/mol. The van der Waals surface area contributed by atoms with Crippen molar-refractivity contribution in [3.63, 3.8) is 0 Å². The first-order chi connectivity index (χ1) is 9.02. The molecule has 0 bridgehead atoms. The molecule has 0 aliphatic rings. The minimum absolute atomic E-state index is 0.0000175. The molecule has 2 aromatic carbocycles. The Labute approximate surface area is 125 Å². The van der Waals surface area contributed by atoms with Gasteiger partial charge in [-0.3, -0.25) is 0 Å². The van der Waals surface area contributed by atoms with Crippen molar-refractivity contribution in [3.05, 3.63) is 56.5 Å². The van der Waals surface area contributed by atoms with Crippen LogP contribution in [-0.2, 0) is 0 Å². The second kappa shape index (κ2) is 5.74. The third kappa shape index (κ3) is 2.81. The van der Waals surface area contributed by atoms with E-state index in [4.69, 9.17) is 34.8 Å². The fourth-order valence-electron chi connectivity index (χ4n) is 1.55. The number of benzene rings is 2. The molecule has 0 aliphatic heterocycles. The highest BCUT2D eigenvalue weighted by Gasteiger charge is 2.18. The van der Waals surface area contributed by atoms with Crippen LogP contribution in [0, 0.1) is 0 Å². The fourth-order valence-corrected chi connectivity index (χ4v) is 2.38. The molecule has 19 heavy (non-hydrogen) atoms. The Balaban J connectivity index is 2.50. The van der Waals surface area contributed by atoms with Crippen molar-refractivity contribution in [1.82, 2.24) is 0 Å². The molecule has 0 spiro atoms. The molecular formula is C14H9Cl3O2. The van der Waals surface area contributed by atoms with Crippen LogP contribution in [0.25, 0.3) is 12.2 Å². The summed E-state index contributed by atoms with van der Waals surface area (Å²) in [6, 6.07) is 9.47. The molecule has 0 unspecified atom stereocenters. The maximum Gasteiger partial charge on any atom is 0.157 e. The summed E-state index contributed by atoms with van der Waals surface area (Å²) in [7, 11) is 0. The maximum absolute atomic E-state index is 9.67. The van der Waals surface area contributed by atoms with E-state index in [2.05, 4.69) is 0 Å². The van der Waals surface area contributed by atoms with E-state index in [0.29, 0.717) is 5.56 Å². The zero-order valence-corrected chi connectivity index (χ0v) is 11.8. The van der Waals surface area contributed by atoms with Crippen LogP contribution in [0.4, 0.5) is 0 Å². The van der Waals surface area contributed by atoms with E-state index in [9.17, 15) is 10.2 Å². The summed E-state index contributed by atoms with van der Waals surface area (Å²) in [5.74, 6) is -0.782. The SMILES string of the molecule is Oc1c(Cl)c(O)c(Cl)c(/C=C/c2ccccc2)c1Cl. The Morgan fingerprint density at radius 1 is 0.737 bits per heavy atom. The van der Waals surface area contributed by atoms with Crippen LogP contribution in [0.5, 0.6) is 11.5 Å². The predicted molar refractivity (Wildman–Crippen MR) is 80.2 cm³/mol. The number of phenolic OH excluding ortho intramolecular Hbond substituents is 2. The number of rotatable bonds is 2. The highest BCUT2D eigenvalue weighted by molar-refractivity contribution is 6.43. The van der Waals surface area contributed by atoms with E-state index in [0.717, 1.165) is 5.56 Å². The molecule has 0 amide bonds. The molecule has 0 saturated carbocycles. The van der Waals surface area contributed by atoms with Gasteiger partial charge in [0.2, 0.25) is 0 Å². The van der Waals surface area contributed by atoms with E-state index in [-0.39, 0.29) is 15.1 Å². The molecule has 0 radical (unpaired) electrons. The van der Waals surface area contributed by atoms with Crippen LogP contribution >= 0.6 is 34.8 Å². The lowest BCUT2D eigenvalue weighted by molar-refractivity contribution is 0.451. The lowest BCUT2D eigenvalue weighted by Gasteiger charge is -2.09. The third-order valence-corrected chi connectivity index (χ3v) is 3.67. The first-order valence-electron chi connectivity index (χ1n) is 5.34. The average Bonchev–Trinajstić information content (AvgIpc) is 2.44. The zero-order valence-electron chi connectivity index (χ0n) is 9.57. The van der Waals surface area contributed by atoms with Gasteiger partial charge in [0.05, 0.1) is 10.0 Å². The molecule has 2 rings (SSSR count). The number of phenols is 2. The first kappa shape index (κ1) is 14.1. The highest BCUT2D eigenvalue weighted by Crippen LogP contribution is 2.47. The molecule has 0 heterocycles. The highest BCUT2D eigenvalue weighted by atomic mass is 35.5. The zero-order chi connectivity index (χ0) is 14.0. The summed E-state index contributed by atoms with van der Waals surface area (Å²) in [4.78, 5) is 0. The summed E-state index contributed by atoms with van der Waals surface area (Å²) in [6.07, 6.45) is 3.37. The molecule has 0 aliphatic carbocycles. The van der Waals surface area contributed by atoms with Gasteiger partial charge in [-0.15, -0.1) is 0 Å². The summed E-state index contributed by atoms with van der Waals surface area (Å²) in [5, 5.41) is 19.1. The van der Waals surface area contributed by atoms with E-state index in [1.807, 2.05) is 30.3 Å². The number of aromatic hydroxyl groups is 2. The molecule has 98 valence electrons. The van der Waals surface area contributed by atoms with Crippen LogP contribution in [0.2, 0.25) is 15.1 Å². The molecule has 2 nitrogen and oxygen atoms in total. The summed E-state index contributed by atoms with van der Waals surface area (Å²) in [5.41, 5.74) is 1.25. The summed E-state index contributed by atoms with van der Waals surface area (Å²) in [6.45, 7) is 0. The molecule has 2 N–H and O–H groups in total. The second-order valence-corrected chi connectivity index (χ2v) is 4.93. The minimum atomic E-state index is -0.391. The van der Waals surface area contributed by atoms with Crippen LogP contribution < -0.4 is 0 Å². The van der Waals surface area contributed by atoms with Gasteiger partial charge in [-0.2, -0.15) is 0 Å². The fraction of sp³-hybridized carbons (Fsp3) is 0. The van der Waals surface area contributed by atoms with Crippen molar-refractivity contribution in [2.45, 2.75) is 0 Å². The summed E-state index contributed by atoms with van der Waals surface area (Å²) < 4.78 is 0. The van der Waals surface area contributed by atoms with E-state index >= 15 is 0 Å². The van der Waals surface area contributed by atoms with Crippen LogP contribution in [-0.4, -0.2) is 10.2 Å². The molecule has 0 aromatic heterocycles. The molecule has 0 saturated heterocycles. The topological polar surface area (TPSA) is 40.5 Å². The Hall–Kier alpha value is -1.35. The largest absolute Gasteiger partial charge is 0.505 e. The minimum Gasteiger partial charge on any atom is -0.505 e. The lowest BCUT2D eigenvalue weighted by atomic mass is 10.1. The molecule has 0 fully saturated rings. The van der Waals surface area contributed by atoms with Gasteiger partial charge in [-0.05, 0) is 5.56 Å². The number of hydrogen-bond acceptors (Lipinski definition) is 2. The van der Waals surface area contributed by atoms with E-state index in [1.165, 1.54) is 0 Å². The van der Waals surface area contributed by atoms with Gasteiger partial charge in [-0.1, -0.05) is 77.3 Å². The van der Waals surface area contributed by atoms with E-state index < -0.39 is 11.5 Å². The quantitative estimate of drug-likeness (QED) is 0.745. The Morgan fingerprint density at radius 3 is 1.79 bits per heavy atom. The predicted octanol–water partition coefficient (Wildman–Crippen LogP) is 5.23. The van der Waals surface area contributed by atoms with Gasteiger partial charge in [0.1, 0.15) is 5.02 Å². The smallest absolute Gasteiger partial charge is 0.157 e. The van der Waals surface area contributed by atoms with Crippen molar-refractivity contribution in [2.24, 2.45) is 0 Å². The lowest BCUT2D eigenvalue weighted by Crippen LogP contribution is -1.83. The van der Waals surface area contributed by atoms with Gasteiger partial charge in [0, 0.05) is 5.56 Å². The Bertz CT molecular complexity index is 608. The van der Waals surface area contributed by atoms with Gasteiger partial charge in [0.25, 0.3) is 0 Å². The van der Waals surface area contributed by atoms with Gasteiger partial charge in [0.15, 0.2) is 11.5 Å². The molecule has 2 aromatic rings. The van der Waals surface area contributed by atoms with Crippen molar-refractivity contribution in [3.8, 4) is 11.5 Å². The van der Waals surface area contributed by atoms with Gasteiger partial charge in [-0.25, -0.2) is 0 Å². The van der Waals surface area contributed by atoms with Crippen LogP contribution in [0.15, 0.2) is 30.3 Å². The van der Waals surface area contributed by atoms with Crippen molar-refractivity contribution < 1.29 is 10.2 Å². The van der Waals surface area contributed by atoms with Crippen molar-refractivity contribution >= 4 is 47.0 Å². The summed E-state index contributed by atoms with van der Waals surface area (Å²) >= 11 is 17.6. The maximum atomic E-state index is 9.67. The van der Waals surface area contributed by atoms with Crippen LogP contribution in [0.1, 0.15) is 11.1 Å². The van der Waals surface area contributed by atoms with Crippen LogP contribution in [0.3, 0.4) is 0 Å². The van der Waals surface area contributed by atoms with Gasteiger partial charge >= 0.3 is 0 Å². The van der Waals surface area contributed by atoms with Crippen molar-refractivity contribution in [2.75, 3.05) is 0 Å². The third-order valence-electron chi connectivity index (χ3n) is 2.55. The standard InChI is InChI=1S/C14H9Cl3O2/c15-10-9(7-6-8-4-2-1-3-5-8)11(16)14(19)12(17)13(10)18/h1-7,18-19H/b7-6+. The second-order valence-electron chi connectivity index (χ2n) is 3.80. The van der Waals surface area contributed by atoms with Crippen molar-refractivity contribution in [1.29, 1.82) is 0 Å². The average molecular weight is 316 g/mol. The number of halogens is 3. The Morgan fingerprint density at radius 2 is 1.26 bits per heavy atom. The van der Waals surface area contributed by atoms with E-state index in [1.54, 1.807) is 12.2 Å². The molecule has 5 heteroatoms. The first-order valence-corrected chi connectivity index (χ1v) is 6.47. The normalized spacial score (nSPS) is 11.1.